The quantitative estimate of drug-likeness (QED) is 0.724. The molecule has 1 heterocycles. The third-order valence-corrected chi connectivity index (χ3v) is 2.46. The van der Waals surface area contributed by atoms with Crippen LogP contribution in [0.5, 0.6) is 5.75 Å². The molecule has 2 rings (SSSR count). The van der Waals surface area contributed by atoms with Crippen LogP contribution in [0.3, 0.4) is 0 Å². The Bertz CT molecular complexity index is 369. The van der Waals surface area contributed by atoms with Crippen LogP contribution < -0.4 is 9.64 Å². The third kappa shape index (κ3) is 2.62. The second kappa shape index (κ2) is 4.27. The Hall–Kier alpha value is -1.33. The van der Waals surface area contributed by atoms with Crippen molar-refractivity contribution in [3.63, 3.8) is 0 Å². The van der Waals surface area contributed by atoms with Crippen LogP contribution in [-0.2, 0) is 0 Å². The molecule has 0 amide bonds. The number of rotatable bonds is 2. The Morgan fingerprint density at radius 1 is 1.25 bits per heavy atom. The highest BCUT2D eigenvalue weighted by atomic mass is 19.4. The summed E-state index contributed by atoms with van der Waals surface area (Å²) in [5.41, 5.74) is 0.541. The molecule has 88 valence electrons. The molecule has 6 heteroatoms. The Morgan fingerprint density at radius 3 is 2.75 bits per heavy atom. The molecule has 1 aromatic rings. The van der Waals surface area contributed by atoms with E-state index in [0.29, 0.717) is 31.0 Å². The molecule has 0 fully saturated rings. The van der Waals surface area contributed by atoms with Crippen LogP contribution in [0.4, 0.5) is 18.6 Å². The maximum Gasteiger partial charge on any atom is 0.497 e. The Morgan fingerprint density at radius 2 is 2.00 bits per heavy atom. The topological polar surface area (TPSA) is 12.5 Å². The van der Waals surface area contributed by atoms with Gasteiger partial charge in [-0.05, 0) is 25.0 Å². The smallest absolute Gasteiger partial charge is 0.491 e. The van der Waals surface area contributed by atoms with Crippen LogP contribution in [0.1, 0.15) is 6.42 Å². The maximum atomic E-state index is 12.4. The second-order valence-electron chi connectivity index (χ2n) is 3.83. The highest BCUT2D eigenvalue weighted by Gasteiger charge is 2.28. The first-order chi connectivity index (χ1) is 7.56. The van der Waals surface area contributed by atoms with Crippen LogP contribution in [0.25, 0.3) is 0 Å². The minimum Gasteiger partial charge on any atom is -0.491 e. The molecule has 0 bridgehead atoms. The van der Waals surface area contributed by atoms with Crippen molar-refractivity contribution in [2.75, 3.05) is 24.5 Å². The fourth-order valence-electron chi connectivity index (χ4n) is 1.84. The Labute approximate surface area is 92.1 Å². The fourth-order valence-corrected chi connectivity index (χ4v) is 1.84. The largest absolute Gasteiger partial charge is 0.497 e. The molecule has 0 saturated carbocycles. The molecule has 0 aliphatic carbocycles. The van der Waals surface area contributed by atoms with Gasteiger partial charge in [-0.15, -0.1) is 0 Å². The predicted molar refractivity (Wildman–Crippen MR) is 57.8 cm³/mol. The first kappa shape index (κ1) is 11.2. The van der Waals surface area contributed by atoms with Crippen molar-refractivity contribution in [3.05, 3.63) is 24.3 Å². The van der Waals surface area contributed by atoms with E-state index in [0.717, 1.165) is 0 Å². The van der Waals surface area contributed by atoms with E-state index < -0.39 is 13.4 Å². The molecule has 0 spiro atoms. The van der Waals surface area contributed by atoms with Gasteiger partial charge in [-0.3, -0.25) is 0 Å². The highest BCUT2D eigenvalue weighted by Crippen LogP contribution is 2.31. The molecule has 0 atom stereocenters. The second-order valence-corrected chi connectivity index (χ2v) is 3.83. The average Bonchev–Trinajstić information content (AvgIpc) is 2.39. The van der Waals surface area contributed by atoms with Gasteiger partial charge in [0.1, 0.15) is 5.75 Å². The van der Waals surface area contributed by atoms with E-state index in [9.17, 15) is 12.9 Å². The number of nitrogens with zero attached hydrogens (tertiary/aromatic N) is 1. The zero-order chi connectivity index (χ0) is 11.6. The molecule has 2 nitrogen and oxygen atoms in total. The summed E-state index contributed by atoms with van der Waals surface area (Å²) in [5.74, 6) is 0.542. The van der Waals surface area contributed by atoms with Gasteiger partial charge in [0.05, 0.1) is 12.3 Å². The molecular weight excluding hydrogens is 218 g/mol. The van der Waals surface area contributed by atoms with Gasteiger partial charge in [0, 0.05) is 6.54 Å². The number of ether oxygens (including phenoxy) is 1. The van der Waals surface area contributed by atoms with E-state index in [1.54, 1.807) is 24.3 Å². The van der Waals surface area contributed by atoms with Gasteiger partial charge in [0.2, 0.25) is 0 Å². The molecule has 0 unspecified atom stereocenters. The number of fused-ring (bicyclic) bond motifs is 1. The van der Waals surface area contributed by atoms with Gasteiger partial charge >= 0.3 is 6.98 Å². The summed E-state index contributed by atoms with van der Waals surface area (Å²) in [6, 6.07) is 6.87. The van der Waals surface area contributed by atoms with E-state index >= 15 is 0 Å². The zero-order valence-electron chi connectivity index (χ0n) is 8.70. The molecular formula is C10H12BF3NO-. The Balaban J connectivity index is 2.26. The predicted octanol–water partition coefficient (Wildman–Crippen LogP) is 2.66. The first-order valence-electron chi connectivity index (χ1n) is 5.24. The standard InChI is InChI=1S/C10H12BF3NO/c12-11(13,14)8-15-6-3-7-16-10-5-2-1-4-9(10)15/h1-2,4-5H,3,6-8H2/q-1. The fraction of sp³-hybridized carbons (Fsp3) is 0.400. The minimum absolute atomic E-state index is 0.387. The van der Waals surface area contributed by atoms with Crippen LogP contribution in [0.2, 0.25) is 0 Å². The lowest BCUT2D eigenvalue weighted by atomic mass is 9.90. The summed E-state index contributed by atoms with van der Waals surface area (Å²) in [6.45, 7) is -3.95. The summed E-state index contributed by atoms with van der Waals surface area (Å²) in [7, 11) is 0. The summed E-state index contributed by atoms with van der Waals surface area (Å²) < 4.78 is 42.7. The van der Waals surface area contributed by atoms with Crippen LogP contribution in [0, 0.1) is 0 Å². The number of anilines is 1. The number of halogens is 3. The van der Waals surface area contributed by atoms with Crippen molar-refractivity contribution >= 4 is 12.7 Å². The van der Waals surface area contributed by atoms with E-state index in [4.69, 9.17) is 4.74 Å². The molecule has 0 N–H and O–H groups in total. The van der Waals surface area contributed by atoms with Crippen LogP contribution >= 0.6 is 0 Å². The van der Waals surface area contributed by atoms with Crippen molar-refractivity contribution in [1.82, 2.24) is 0 Å². The number of benzene rings is 1. The van der Waals surface area contributed by atoms with Crippen molar-refractivity contribution in [3.8, 4) is 5.75 Å². The first-order valence-corrected chi connectivity index (χ1v) is 5.24. The van der Waals surface area contributed by atoms with Crippen LogP contribution in [0.15, 0.2) is 24.3 Å². The molecule has 0 saturated heterocycles. The van der Waals surface area contributed by atoms with Gasteiger partial charge in [0.25, 0.3) is 0 Å². The van der Waals surface area contributed by atoms with E-state index in [1.165, 1.54) is 4.90 Å². The van der Waals surface area contributed by atoms with Gasteiger partial charge in [-0.25, -0.2) is 0 Å². The zero-order valence-corrected chi connectivity index (χ0v) is 8.70. The highest BCUT2D eigenvalue weighted by molar-refractivity contribution is 6.59. The Kier molecular flexibility index (Phi) is 2.98. The van der Waals surface area contributed by atoms with E-state index in [2.05, 4.69) is 0 Å². The van der Waals surface area contributed by atoms with Gasteiger partial charge in [0.15, 0.2) is 0 Å². The SMILES string of the molecule is F[B-](F)(F)CN1CCCOc2ccccc21. The van der Waals surface area contributed by atoms with Crippen molar-refractivity contribution in [2.45, 2.75) is 6.42 Å². The number of hydrogen-bond acceptors (Lipinski definition) is 2. The number of hydrogen-bond donors (Lipinski definition) is 0. The summed E-state index contributed by atoms with van der Waals surface area (Å²) >= 11 is 0. The summed E-state index contributed by atoms with van der Waals surface area (Å²) in [5, 5.41) is 0. The minimum atomic E-state index is -4.80. The maximum absolute atomic E-state index is 12.4. The molecule has 1 aliphatic rings. The normalized spacial score (nSPS) is 16.3. The van der Waals surface area contributed by atoms with Crippen molar-refractivity contribution in [1.29, 1.82) is 0 Å². The summed E-state index contributed by atoms with van der Waals surface area (Å²) in [4.78, 5) is 1.35. The molecule has 16 heavy (non-hydrogen) atoms. The van der Waals surface area contributed by atoms with Gasteiger partial charge in [-0.2, -0.15) is 0 Å². The molecule has 1 aliphatic heterocycles. The molecule has 0 aromatic heterocycles. The van der Waals surface area contributed by atoms with Crippen molar-refractivity contribution in [2.24, 2.45) is 0 Å². The summed E-state index contributed by atoms with van der Waals surface area (Å²) in [6.07, 6.45) is -0.249. The molecule has 0 radical (unpaired) electrons. The van der Waals surface area contributed by atoms with Crippen LogP contribution in [-0.4, -0.2) is 26.6 Å². The lowest BCUT2D eigenvalue weighted by molar-refractivity contribution is 0.322. The monoisotopic (exact) mass is 230 g/mol. The van der Waals surface area contributed by atoms with E-state index in [1.807, 2.05) is 0 Å². The lowest BCUT2D eigenvalue weighted by Gasteiger charge is -2.29. The average molecular weight is 230 g/mol. The van der Waals surface area contributed by atoms with Gasteiger partial charge < -0.3 is 22.6 Å². The van der Waals surface area contributed by atoms with Crippen molar-refractivity contribution < 1.29 is 17.7 Å². The molecule has 1 aromatic carbocycles. The number of para-hydroxylation sites is 2. The van der Waals surface area contributed by atoms with Gasteiger partial charge in [-0.1, -0.05) is 12.1 Å². The third-order valence-electron chi connectivity index (χ3n) is 2.46. The lowest BCUT2D eigenvalue weighted by Crippen LogP contribution is -2.38. The van der Waals surface area contributed by atoms with E-state index in [-0.39, 0.29) is 0 Å².